The summed E-state index contributed by atoms with van der Waals surface area (Å²) < 4.78 is 3.12. The Bertz CT molecular complexity index is 1810. The first kappa shape index (κ1) is 26.3. The molecule has 0 aliphatic rings. The summed E-state index contributed by atoms with van der Waals surface area (Å²) in [7, 11) is 0. The molecule has 198 valence electrons. The van der Waals surface area contributed by atoms with Crippen LogP contribution < -0.4 is 5.32 Å². The van der Waals surface area contributed by atoms with Gasteiger partial charge in [0.05, 0.1) is 16.0 Å². The molecular weight excluding hydrogens is 558 g/mol. The molecule has 1 N–H and O–H groups in total. The summed E-state index contributed by atoms with van der Waals surface area (Å²) in [5.74, 6) is 0.750. The molecule has 2 aromatic heterocycles. The number of anilines is 1. The number of carbonyl (C=O) groups excluding carboxylic acids is 1. The van der Waals surface area contributed by atoms with Gasteiger partial charge in [0.15, 0.2) is 11.0 Å². The van der Waals surface area contributed by atoms with Crippen LogP contribution in [0.5, 0.6) is 0 Å². The molecule has 6 rings (SSSR count). The van der Waals surface area contributed by atoms with E-state index in [1.165, 1.54) is 22.0 Å². The van der Waals surface area contributed by atoms with Crippen molar-refractivity contribution in [2.45, 2.75) is 19.0 Å². The Morgan fingerprint density at radius 3 is 2.33 bits per heavy atom. The van der Waals surface area contributed by atoms with Gasteiger partial charge in [0.25, 0.3) is 0 Å². The minimum atomic E-state index is -0.129. The molecule has 0 saturated heterocycles. The van der Waals surface area contributed by atoms with Crippen LogP contribution in [0.4, 0.5) is 5.69 Å². The molecule has 1 amide bonds. The number of fused-ring (bicyclic) bond motifs is 1. The number of thioether (sulfide) groups is 1. The molecule has 0 radical (unpaired) electrons. The van der Waals surface area contributed by atoms with Crippen molar-refractivity contribution in [1.82, 2.24) is 19.7 Å². The first-order chi connectivity index (χ1) is 19.4. The highest BCUT2D eigenvalue weighted by Gasteiger charge is 2.18. The Kier molecular flexibility index (Phi) is 7.38. The van der Waals surface area contributed by atoms with Crippen molar-refractivity contribution in [3.05, 3.63) is 107 Å². The van der Waals surface area contributed by atoms with Gasteiger partial charge in [-0.15, -0.1) is 21.5 Å². The molecule has 0 unspecified atom stereocenters. The Hall–Kier alpha value is -3.98. The maximum atomic E-state index is 12.9. The van der Waals surface area contributed by atoms with Crippen LogP contribution >= 0.6 is 34.7 Å². The molecule has 9 heteroatoms. The number of hydrogen-bond acceptors (Lipinski definition) is 6. The van der Waals surface area contributed by atoms with E-state index in [9.17, 15) is 4.79 Å². The normalized spacial score (nSPS) is 11.2. The summed E-state index contributed by atoms with van der Waals surface area (Å²) in [4.78, 5) is 17.6. The van der Waals surface area contributed by atoms with Gasteiger partial charge in [-0.1, -0.05) is 59.3 Å². The third kappa shape index (κ3) is 5.65. The smallest absolute Gasteiger partial charge is 0.234 e. The molecule has 40 heavy (non-hydrogen) atoms. The van der Waals surface area contributed by atoms with E-state index < -0.39 is 0 Å². The first-order valence-electron chi connectivity index (χ1n) is 12.6. The minimum Gasteiger partial charge on any atom is -0.325 e. The van der Waals surface area contributed by atoms with E-state index in [0.29, 0.717) is 16.0 Å². The summed E-state index contributed by atoms with van der Waals surface area (Å²) in [5, 5.41) is 14.1. The third-order valence-electron chi connectivity index (χ3n) is 6.32. The molecular formula is C31H24ClN5OS2. The van der Waals surface area contributed by atoms with Crippen LogP contribution in [-0.4, -0.2) is 31.4 Å². The topological polar surface area (TPSA) is 72.7 Å². The lowest BCUT2D eigenvalue weighted by molar-refractivity contribution is -0.113. The number of nitrogens with zero attached hydrogens (tertiary/aromatic N) is 4. The van der Waals surface area contributed by atoms with E-state index in [1.807, 2.05) is 84.3 Å². The molecule has 0 spiro atoms. The number of thiazole rings is 1. The molecule has 0 aliphatic heterocycles. The lowest BCUT2D eigenvalue weighted by Gasteiger charge is -2.11. The molecule has 2 heterocycles. The molecule has 0 atom stereocenters. The zero-order chi connectivity index (χ0) is 27.6. The SMILES string of the molecule is Cc1ccc(-c2nnc(SCC(=O)Nc3ccc(-c4nc5ccc(C)cc5s4)cc3)n2-c2ccc(Cl)cc2)cc1. The summed E-state index contributed by atoms with van der Waals surface area (Å²) in [6.45, 7) is 4.13. The summed E-state index contributed by atoms with van der Waals surface area (Å²) in [5.41, 5.74) is 6.93. The van der Waals surface area contributed by atoms with Gasteiger partial charge in [-0.2, -0.15) is 0 Å². The number of nitrogens with one attached hydrogen (secondary N) is 1. The molecule has 6 aromatic rings. The number of hydrogen-bond donors (Lipinski definition) is 1. The molecule has 6 nitrogen and oxygen atoms in total. The largest absolute Gasteiger partial charge is 0.325 e. The predicted molar refractivity (Wildman–Crippen MR) is 166 cm³/mol. The van der Waals surface area contributed by atoms with E-state index in [-0.39, 0.29) is 11.7 Å². The number of aryl methyl sites for hydroxylation is 2. The molecule has 0 aliphatic carbocycles. The van der Waals surface area contributed by atoms with Crippen LogP contribution in [0.15, 0.2) is 96.2 Å². The predicted octanol–water partition coefficient (Wildman–Crippen LogP) is 8.21. The van der Waals surface area contributed by atoms with Crippen LogP contribution in [0.1, 0.15) is 11.1 Å². The van der Waals surface area contributed by atoms with E-state index in [4.69, 9.17) is 16.6 Å². The lowest BCUT2D eigenvalue weighted by atomic mass is 10.1. The van der Waals surface area contributed by atoms with E-state index in [2.05, 4.69) is 40.6 Å². The van der Waals surface area contributed by atoms with Gasteiger partial charge in [-0.25, -0.2) is 4.98 Å². The second-order valence-corrected chi connectivity index (χ2v) is 11.8. The number of benzene rings is 4. The number of amides is 1. The Morgan fingerprint density at radius 2 is 1.57 bits per heavy atom. The molecule has 4 aromatic carbocycles. The van der Waals surface area contributed by atoms with Crippen molar-refractivity contribution in [3.8, 4) is 27.6 Å². The standard InChI is InChI=1S/C31H24ClN5OS2/c1-19-3-6-21(7-4-19)29-35-36-31(37(29)25-14-10-23(32)11-15-25)39-18-28(38)33-24-12-8-22(9-13-24)30-34-26-16-5-20(2)17-27(26)40-30/h3-17H,18H2,1-2H3,(H,33,38). The average Bonchev–Trinajstić information content (AvgIpc) is 3.57. The van der Waals surface area contributed by atoms with Gasteiger partial charge in [-0.3, -0.25) is 9.36 Å². The van der Waals surface area contributed by atoms with Crippen LogP contribution in [0.3, 0.4) is 0 Å². The summed E-state index contributed by atoms with van der Waals surface area (Å²) in [6, 6.07) is 29.7. The van der Waals surface area contributed by atoms with Crippen molar-refractivity contribution in [3.63, 3.8) is 0 Å². The van der Waals surface area contributed by atoms with Crippen molar-refractivity contribution in [2.75, 3.05) is 11.1 Å². The fourth-order valence-electron chi connectivity index (χ4n) is 4.25. The van der Waals surface area contributed by atoms with Gasteiger partial charge in [-0.05, 0) is 80.1 Å². The molecule has 0 saturated carbocycles. The number of aromatic nitrogens is 4. The summed E-state index contributed by atoms with van der Waals surface area (Å²) in [6.07, 6.45) is 0. The molecule has 0 bridgehead atoms. The monoisotopic (exact) mass is 581 g/mol. The lowest BCUT2D eigenvalue weighted by Crippen LogP contribution is -2.14. The third-order valence-corrected chi connectivity index (χ3v) is 8.57. The number of rotatable bonds is 7. The quantitative estimate of drug-likeness (QED) is 0.192. The van der Waals surface area contributed by atoms with Crippen LogP contribution in [0.25, 0.3) is 37.9 Å². The highest BCUT2D eigenvalue weighted by molar-refractivity contribution is 7.99. The van der Waals surface area contributed by atoms with Crippen LogP contribution in [0.2, 0.25) is 5.02 Å². The first-order valence-corrected chi connectivity index (χ1v) is 14.8. The van der Waals surface area contributed by atoms with Crippen molar-refractivity contribution >= 4 is 56.5 Å². The van der Waals surface area contributed by atoms with Gasteiger partial charge in [0.1, 0.15) is 5.01 Å². The number of halogens is 1. The van der Waals surface area contributed by atoms with Gasteiger partial charge < -0.3 is 5.32 Å². The van der Waals surface area contributed by atoms with Gasteiger partial charge in [0, 0.05) is 27.5 Å². The fraction of sp³-hybridized carbons (Fsp3) is 0.0968. The Balaban J connectivity index is 1.17. The van der Waals surface area contributed by atoms with E-state index in [0.717, 1.165) is 38.6 Å². The summed E-state index contributed by atoms with van der Waals surface area (Å²) >= 11 is 9.13. The highest BCUT2D eigenvalue weighted by Crippen LogP contribution is 2.32. The van der Waals surface area contributed by atoms with Gasteiger partial charge in [0.2, 0.25) is 5.91 Å². The van der Waals surface area contributed by atoms with Crippen LogP contribution in [0, 0.1) is 13.8 Å². The maximum Gasteiger partial charge on any atom is 0.234 e. The minimum absolute atomic E-state index is 0.129. The second kappa shape index (κ2) is 11.3. The molecule has 0 fully saturated rings. The fourth-order valence-corrected chi connectivity index (χ4v) is 6.20. The Labute approximate surface area is 245 Å². The zero-order valence-electron chi connectivity index (χ0n) is 21.8. The van der Waals surface area contributed by atoms with E-state index >= 15 is 0 Å². The zero-order valence-corrected chi connectivity index (χ0v) is 24.1. The van der Waals surface area contributed by atoms with Crippen molar-refractivity contribution in [1.29, 1.82) is 0 Å². The highest BCUT2D eigenvalue weighted by atomic mass is 35.5. The van der Waals surface area contributed by atoms with Crippen LogP contribution in [-0.2, 0) is 4.79 Å². The average molecular weight is 582 g/mol. The van der Waals surface area contributed by atoms with Crippen molar-refractivity contribution in [2.24, 2.45) is 0 Å². The maximum absolute atomic E-state index is 12.9. The van der Waals surface area contributed by atoms with E-state index in [1.54, 1.807) is 11.3 Å². The van der Waals surface area contributed by atoms with Crippen molar-refractivity contribution < 1.29 is 4.79 Å². The Morgan fingerprint density at radius 1 is 0.875 bits per heavy atom. The second-order valence-electron chi connectivity index (χ2n) is 9.39. The number of carbonyl (C=O) groups is 1. The van der Waals surface area contributed by atoms with Gasteiger partial charge >= 0.3 is 0 Å².